The smallest absolute Gasteiger partial charge is 0.337 e. The maximum absolute atomic E-state index is 11.7. The van der Waals surface area contributed by atoms with Gasteiger partial charge in [-0.1, -0.05) is 18.2 Å². The Hall–Kier alpha value is -2.40. The van der Waals surface area contributed by atoms with E-state index in [1.807, 2.05) is 5.38 Å². The molecule has 1 aromatic carbocycles. The molecular weight excluding hydrogens is 262 g/mol. The highest BCUT2D eigenvalue weighted by molar-refractivity contribution is 7.12. The highest BCUT2D eigenvalue weighted by atomic mass is 32.1. The van der Waals surface area contributed by atoms with Crippen LogP contribution in [0.25, 0.3) is 0 Å². The highest BCUT2D eigenvalue weighted by Crippen LogP contribution is 2.15. The molecule has 2 N–H and O–H groups in total. The number of anilines is 1. The quantitative estimate of drug-likeness (QED) is 0.648. The molecule has 0 radical (unpaired) electrons. The number of carboxylic acid groups (broad SMARTS) is 1. The maximum Gasteiger partial charge on any atom is 0.337 e. The van der Waals surface area contributed by atoms with E-state index in [9.17, 15) is 9.59 Å². The first kappa shape index (κ1) is 13.0. The minimum Gasteiger partial charge on any atom is -0.478 e. The Labute approximate surface area is 114 Å². The van der Waals surface area contributed by atoms with Gasteiger partial charge >= 0.3 is 5.97 Å². The summed E-state index contributed by atoms with van der Waals surface area (Å²) in [5.41, 5.74) is 0.612. The molecular formula is C14H11NO3S. The van der Waals surface area contributed by atoms with Gasteiger partial charge in [0, 0.05) is 12.3 Å². The summed E-state index contributed by atoms with van der Waals surface area (Å²) in [6.07, 6.45) is 2.83. The van der Waals surface area contributed by atoms with Gasteiger partial charge in [0.1, 0.15) is 0 Å². The summed E-state index contributed by atoms with van der Waals surface area (Å²) >= 11 is 1.36. The third kappa shape index (κ3) is 3.29. The standard InChI is InChI=1S/C14H11NO3S/c16-12(13-6-3-9-19-13)7-8-15-11-5-2-1-4-10(11)14(17)18/h1-9,15H,(H,17,18). The molecule has 4 nitrogen and oxygen atoms in total. The van der Waals surface area contributed by atoms with Gasteiger partial charge in [-0.15, -0.1) is 11.3 Å². The molecule has 0 aliphatic rings. The first-order valence-electron chi connectivity index (χ1n) is 5.52. The summed E-state index contributed by atoms with van der Waals surface area (Å²) in [5.74, 6) is -1.13. The number of hydrogen-bond acceptors (Lipinski definition) is 4. The molecule has 0 atom stereocenters. The van der Waals surface area contributed by atoms with Crippen LogP contribution in [-0.4, -0.2) is 16.9 Å². The molecule has 1 aromatic heterocycles. The van der Waals surface area contributed by atoms with Crippen LogP contribution in [0.15, 0.2) is 54.1 Å². The number of rotatable bonds is 5. The van der Waals surface area contributed by atoms with Crippen molar-refractivity contribution in [1.82, 2.24) is 0 Å². The molecule has 0 fully saturated rings. The molecule has 0 amide bonds. The fourth-order valence-corrected chi connectivity index (χ4v) is 2.15. The molecule has 0 unspecified atom stereocenters. The van der Waals surface area contributed by atoms with Crippen LogP contribution in [0.4, 0.5) is 5.69 Å². The number of benzene rings is 1. The molecule has 1 heterocycles. The molecule has 2 rings (SSSR count). The normalized spacial score (nSPS) is 10.5. The second-order valence-corrected chi connectivity index (χ2v) is 4.62. The second kappa shape index (κ2) is 5.97. The van der Waals surface area contributed by atoms with Gasteiger partial charge in [0.15, 0.2) is 5.78 Å². The number of carboxylic acids is 1. The van der Waals surface area contributed by atoms with E-state index < -0.39 is 5.97 Å². The summed E-state index contributed by atoms with van der Waals surface area (Å²) < 4.78 is 0. The molecule has 0 aliphatic carbocycles. The first-order chi connectivity index (χ1) is 9.18. The second-order valence-electron chi connectivity index (χ2n) is 3.67. The Morgan fingerprint density at radius 3 is 2.63 bits per heavy atom. The Bertz CT molecular complexity index is 617. The van der Waals surface area contributed by atoms with E-state index in [2.05, 4.69) is 5.32 Å². The molecule has 96 valence electrons. The molecule has 0 saturated carbocycles. The molecule has 0 bridgehead atoms. The fourth-order valence-electron chi connectivity index (χ4n) is 1.50. The van der Waals surface area contributed by atoms with Gasteiger partial charge in [-0.2, -0.15) is 0 Å². The molecule has 0 spiro atoms. The van der Waals surface area contributed by atoms with Gasteiger partial charge in [0.25, 0.3) is 0 Å². The topological polar surface area (TPSA) is 66.4 Å². The average molecular weight is 273 g/mol. The summed E-state index contributed by atoms with van der Waals surface area (Å²) in [6, 6.07) is 10.1. The number of allylic oxidation sites excluding steroid dienone is 1. The summed E-state index contributed by atoms with van der Waals surface area (Å²) in [7, 11) is 0. The van der Waals surface area contributed by atoms with Crippen molar-refractivity contribution in [2.45, 2.75) is 0 Å². The SMILES string of the molecule is O=C(C=CNc1ccccc1C(=O)O)c1cccs1. The number of nitrogens with one attached hydrogen (secondary N) is 1. The van der Waals surface area contributed by atoms with E-state index in [1.54, 1.807) is 30.3 Å². The van der Waals surface area contributed by atoms with Crippen molar-refractivity contribution in [3.63, 3.8) is 0 Å². The van der Waals surface area contributed by atoms with Crippen LogP contribution in [0, 0.1) is 0 Å². The zero-order valence-electron chi connectivity index (χ0n) is 9.87. The van der Waals surface area contributed by atoms with Gasteiger partial charge in [-0.3, -0.25) is 4.79 Å². The maximum atomic E-state index is 11.7. The molecule has 19 heavy (non-hydrogen) atoms. The lowest BCUT2D eigenvalue weighted by atomic mass is 10.2. The predicted octanol–water partition coefficient (Wildman–Crippen LogP) is 3.25. The Balaban J connectivity index is 2.07. The van der Waals surface area contributed by atoms with Gasteiger partial charge in [-0.05, 0) is 23.6 Å². The third-order valence-corrected chi connectivity index (χ3v) is 3.28. The van der Waals surface area contributed by atoms with Crippen molar-refractivity contribution in [2.24, 2.45) is 0 Å². The van der Waals surface area contributed by atoms with Crippen molar-refractivity contribution < 1.29 is 14.7 Å². The molecule has 0 saturated heterocycles. The number of thiophene rings is 1. The molecule has 5 heteroatoms. The largest absolute Gasteiger partial charge is 0.478 e. The van der Waals surface area contributed by atoms with Crippen LogP contribution in [0.1, 0.15) is 20.0 Å². The monoisotopic (exact) mass is 273 g/mol. The zero-order chi connectivity index (χ0) is 13.7. The van der Waals surface area contributed by atoms with E-state index in [4.69, 9.17) is 5.11 Å². The predicted molar refractivity (Wildman–Crippen MR) is 74.8 cm³/mol. The average Bonchev–Trinajstić information content (AvgIpc) is 2.93. The number of carbonyl (C=O) groups excluding carboxylic acids is 1. The van der Waals surface area contributed by atoms with E-state index in [0.717, 1.165) is 0 Å². The van der Waals surface area contributed by atoms with E-state index >= 15 is 0 Å². The fraction of sp³-hybridized carbons (Fsp3) is 0. The number of para-hydroxylation sites is 1. The molecule has 2 aromatic rings. The van der Waals surface area contributed by atoms with Crippen molar-refractivity contribution in [3.8, 4) is 0 Å². The lowest BCUT2D eigenvalue weighted by Crippen LogP contribution is -2.02. The van der Waals surface area contributed by atoms with Crippen LogP contribution in [0.2, 0.25) is 0 Å². The summed E-state index contributed by atoms with van der Waals surface area (Å²) in [5, 5.41) is 13.6. The van der Waals surface area contributed by atoms with Crippen LogP contribution in [0.5, 0.6) is 0 Å². The minimum atomic E-state index is -1.01. The van der Waals surface area contributed by atoms with Crippen molar-refractivity contribution in [3.05, 3.63) is 64.5 Å². The Morgan fingerprint density at radius 2 is 1.95 bits per heavy atom. The number of aromatic carboxylic acids is 1. The van der Waals surface area contributed by atoms with Gasteiger partial charge < -0.3 is 10.4 Å². The summed E-state index contributed by atoms with van der Waals surface area (Å²) in [6.45, 7) is 0. The van der Waals surface area contributed by atoms with E-state index in [0.29, 0.717) is 10.6 Å². The Kier molecular flexibility index (Phi) is 4.10. The highest BCUT2D eigenvalue weighted by Gasteiger charge is 2.07. The van der Waals surface area contributed by atoms with E-state index in [1.165, 1.54) is 29.7 Å². The Morgan fingerprint density at radius 1 is 1.16 bits per heavy atom. The zero-order valence-corrected chi connectivity index (χ0v) is 10.7. The number of hydrogen-bond donors (Lipinski definition) is 2. The van der Waals surface area contributed by atoms with Crippen LogP contribution >= 0.6 is 11.3 Å². The van der Waals surface area contributed by atoms with Gasteiger partial charge in [0.05, 0.1) is 16.1 Å². The van der Waals surface area contributed by atoms with Crippen LogP contribution in [0.3, 0.4) is 0 Å². The number of ketones is 1. The number of carbonyl (C=O) groups is 2. The van der Waals surface area contributed by atoms with E-state index in [-0.39, 0.29) is 11.3 Å². The van der Waals surface area contributed by atoms with Crippen molar-refractivity contribution in [2.75, 3.05) is 5.32 Å². The minimum absolute atomic E-state index is 0.115. The van der Waals surface area contributed by atoms with Gasteiger partial charge in [-0.25, -0.2) is 4.79 Å². The van der Waals surface area contributed by atoms with Gasteiger partial charge in [0.2, 0.25) is 0 Å². The lowest BCUT2D eigenvalue weighted by Gasteiger charge is -2.04. The summed E-state index contributed by atoms with van der Waals surface area (Å²) in [4.78, 5) is 23.3. The first-order valence-corrected chi connectivity index (χ1v) is 6.39. The van der Waals surface area contributed by atoms with Crippen LogP contribution < -0.4 is 5.32 Å². The molecule has 0 aliphatic heterocycles. The third-order valence-electron chi connectivity index (χ3n) is 2.40. The lowest BCUT2D eigenvalue weighted by molar-refractivity contribution is 0.0698. The van der Waals surface area contributed by atoms with Crippen molar-refractivity contribution >= 4 is 28.8 Å². The van der Waals surface area contributed by atoms with Crippen LogP contribution in [-0.2, 0) is 0 Å². The van der Waals surface area contributed by atoms with Crippen molar-refractivity contribution in [1.29, 1.82) is 0 Å².